The maximum Gasteiger partial charge on any atom is 0.341 e. The van der Waals surface area contributed by atoms with Crippen molar-refractivity contribution in [1.29, 1.82) is 0 Å². The molecule has 0 unspecified atom stereocenters. The molecule has 2 rings (SSSR count). The molecule has 0 radical (unpaired) electrons. The lowest BCUT2D eigenvalue weighted by atomic mass is 10.2. The number of aromatic nitrogens is 2. The summed E-state index contributed by atoms with van der Waals surface area (Å²) in [6, 6.07) is 8.87. The van der Waals surface area contributed by atoms with Crippen molar-refractivity contribution >= 4 is 5.97 Å². The molecule has 0 spiro atoms. The highest BCUT2D eigenvalue weighted by molar-refractivity contribution is 5.92. The number of carbonyl (C=O) groups excluding carboxylic acids is 1. The second kappa shape index (κ2) is 5.48. The van der Waals surface area contributed by atoms with Gasteiger partial charge in [0, 0.05) is 11.4 Å². The molecule has 5 heteroatoms. The molecular formula is C14H14N2O3. The Kier molecular flexibility index (Phi) is 3.75. The van der Waals surface area contributed by atoms with Gasteiger partial charge in [0.1, 0.15) is 11.3 Å². The lowest BCUT2D eigenvalue weighted by Gasteiger charge is -2.09. The number of methoxy groups -OCH3 is 1. The Morgan fingerprint density at radius 2 is 1.74 bits per heavy atom. The number of nitrogens with zero attached hydrogens (tertiary/aromatic N) is 2. The van der Waals surface area contributed by atoms with Crippen molar-refractivity contribution in [3.8, 4) is 11.8 Å². The largest absolute Gasteiger partial charge is 0.465 e. The van der Waals surface area contributed by atoms with Gasteiger partial charge in [-0.05, 0) is 32.0 Å². The van der Waals surface area contributed by atoms with Crippen LogP contribution < -0.4 is 4.74 Å². The zero-order chi connectivity index (χ0) is 13.8. The van der Waals surface area contributed by atoms with Gasteiger partial charge in [0.2, 0.25) is 0 Å². The summed E-state index contributed by atoms with van der Waals surface area (Å²) in [7, 11) is 1.33. The number of esters is 1. The minimum atomic E-state index is -0.458. The molecule has 0 amide bonds. The van der Waals surface area contributed by atoms with Crippen LogP contribution in [0.5, 0.6) is 11.8 Å². The summed E-state index contributed by atoms with van der Waals surface area (Å²) in [4.78, 5) is 20.0. The molecule has 1 aromatic carbocycles. The topological polar surface area (TPSA) is 61.3 Å². The normalized spacial score (nSPS) is 10.1. The Morgan fingerprint density at radius 3 is 2.37 bits per heavy atom. The zero-order valence-electron chi connectivity index (χ0n) is 11.0. The van der Waals surface area contributed by atoms with Gasteiger partial charge in [-0.3, -0.25) is 0 Å². The molecule has 1 aromatic heterocycles. The first-order valence-corrected chi connectivity index (χ1v) is 5.77. The summed E-state index contributed by atoms with van der Waals surface area (Å²) >= 11 is 0. The second-order valence-corrected chi connectivity index (χ2v) is 4.02. The number of carbonyl (C=O) groups is 1. The van der Waals surface area contributed by atoms with Crippen molar-refractivity contribution in [1.82, 2.24) is 9.97 Å². The van der Waals surface area contributed by atoms with E-state index in [4.69, 9.17) is 9.47 Å². The Hall–Kier alpha value is -2.43. The predicted octanol–water partition coefficient (Wildman–Crippen LogP) is 2.67. The number of hydrogen-bond acceptors (Lipinski definition) is 5. The van der Waals surface area contributed by atoms with E-state index in [9.17, 15) is 4.79 Å². The maximum atomic E-state index is 11.6. The van der Waals surface area contributed by atoms with Gasteiger partial charge in [0.05, 0.1) is 7.11 Å². The summed E-state index contributed by atoms with van der Waals surface area (Å²) in [5.74, 6) is -0.0840. The van der Waals surface area contributed by atoms with Gasteiger partial charge in [-0.2, -0.15) is 0 Å². The lowest BCUT2D eigenvalue weighted by molar-refractivity contribution is 0.0598. The third-order valence-electron chi connectivity index (χ3n) is 2.46. The number of benzene rings is 1. The molecule has 0 aliphatic carbocycles. The Balaban J connectivity index is 2.35. The van der Waals surface area contributed by atoms with Crippen LogP contribution in [0.1, 0.15) is 21.7 Å². The zero-order valence-corrected chi connectivity index (χ0v) is 11.0. The molecule has 2 aromatic rings. The van der Waals surface area contributed by atoms with Crippen molar-refractivity contribution in [3.05, 3.63) is 47.3 Å². The number of para-hydroxylation sites is 1. The highest BCUT2D eigenvalue weighted by Gasteiger charge is 2.14. The van der Waals surface area contributed by atoms with Crippen molar-refractivity contribution in [2.45, 2.75) is 13.8 Å². The molecular weight excluding hydrogens is 244 g/mol. The van der Waals surface area contributed by atoms with Crippen LogP contribution >= 0.6 is 0 Å². The van der Waals surface area contributed by atoms with E-state index < -0.39 is 5.97 Å². The molecule has 0 fully saturated rings. The molecule has 0 saturated carbocycles. The number of ether oxygens (including phenoxy) is 2. The quantitative estimate of drug-likeness (QED) is 0.792. The molecule has 0 saturated heterocycles. The average Bonchev–Trinajstić information content (AvgIpc) is 2.37. The van der Waals surface area contributed by atoms with Gasteiger partial charge in [-0.15, -0.1) is 0 Å². The summed E-state index contributed by atoms with van der Waals surface area (Å²) in [5, 5.41) is 0. The van der Waals surface area contributed by atoms with E-state index in [-0.39, 0.29) is 6.01 Å². The first-order chi connectivity index (χ1) is 9.10. The van der Waals surface area contributed by atoms with Crippen molar-refractivity contribution in [3.63, 3.8) is 0 Å². The Labute approximate surface area is 111 Å². The third kappa shape index (κ3) is 3.07. The van der Waals surface area contributed by atoms with Gasteiger partial charge >= 0.3 is 12.0 Å². The molecule has 0 atom stereocenters. The standard InChI is InChI=1S/C14H14N2O3/c1-9-8-10(2)16-14(15-9)19-12-7-5-4-6-11(12)13(17)18-3/h4-8H,1-3H3. The van der Waals surface area contributed by atoms with Crippen LogP contribution in [-0.2, 0) is 4.74 Å². The lowest BCUT2D eigenvalue weighted by Crippen LogP contribution is -2.04. The molecule has 1 heterocycles. The first kappa shape index (κ1) is 13.0. The van der Waals surface area contributed by atoms with Crippen LogP contribution in [0.15, 0.2) is 30.3 Å². The van der Waals surface area contributed by atoms with E-state index >= 15 is 0 Å². The molecule has 19 heavy (non-hydrogen) atoms. The SMILES string of the molecule is COC(=O)c1ccccc1Oc1nc(C)cc(C)n1. The van der Waals surface area contributed by atoms with E-state index in [0.717, 1.165) is 11.4 Å². The van der Waals surface area contributed by atoms with E-state index in [2.05, 4.69) is 9.97 Å². The fourth-order valence-electron chi connectivity index (χ4n) is 1.67. The van der Waals surface area contributed by atoms with Crippen LogP contribution in [0.4, 0.5) is 0 Å². The predicted molar refractivity (Wildman–Crippen MR) is 69.4 cm³/mol. The molecule has 0 aliphatic heterocycles. The van der Waals surface area contributed by atoms with E-state index in [1.807, 2.05) is 19.9 Å². The van der Waals surface area contributed by atoms with Crippen molar-refractivity contribution in [2.24, 2.45) is 0 Å². The van der Waals surface area contributed by atoms with Crippen molar-refractivity contribution in [2.75, 3.05) is 7.11 Å². The summed E-state index contributed by atoms with van der Waals surface area (Å²) in [5.41, 5.74) is 1.95. The van der Waals surface area contributed by atoms with E-state index in [1.54, 1.807) is 24.3 Å². The molecule has 5 nitrogen and oxygen atoms in total. The molecule has 98 valence electrons. The number of hydrogen-bond donors (Lipinski definition) is 0. The summed E-state index contributed by atoms with van der Waals surface area (Å²) in [6.45, 7) is 3.71. The van der Waals surface area contributed by atoms with Crippen LogP contribution in [0.3, 0.4) is 0 Å². The first-order valence-electron chi connectivity index (χ1n) is 5.77. The van der Waals surface area contributed by atoms with Crippen LogP contribution in [-0.4, -0.2) is 23.0 Å². The monoisotopic (exact) mass is 258 g/mol. The van der Waals surface area contributed by atoms with Gasteiger partial charge in [-0.1, -0.05) is 12.1 Å². The van der Waals surface area contributed by atoms with Gasteiger partial charge in [0.15, 0.2) is 0 Å². The van der Waals surface area contributed by atoms with Crippen LogP contribution in [0, 0.1) is 13.8 Å². The van der Waals surface area contributed by atoms with Crippen LogP contribution in [0.2, 0.25) is 0 Å². The Morgan fingerprint density at radius 1 is 1.11 bits per heavy atom. The fraction of sp³-hybridized carbons (Fsp3) is 0.214. The fourth-order valence-corrected chi connectivity index (χ4v) is 1.67. The van der Waals surface area contributed by atoms with E-state index in [1.165, 1.54) is 7.11 Å². The number of aryl methyl sites for hydroxylation is 2. The van der Waals surface area contributed by atoms with Gasteiger partial charge < -0.3 is 9.47 Å². The average molecular weight is 258 g/mol. The highest BCUT2D eigenvalue weighted by atomic mass is 16.5. The molecule has 0 bridgehead atoms. The van der Waals surface area contributed by atoms with E-state index in [0.29, 0.717) is 11.3 Å². The minimum Gasteiger partial charge on any atom is -0.465 e. The molecule has 0 aliphatic rings. The smallest absolute Gasteiger partial charge is 0.341 e. The summed E-state index contributed by atoms with van der Waals surface area (Å²) in [6.07, 6.45) is 0. The third-order valence-corrected chi connectivity index (χ3v) is 2.46. The minimum absolute atomic E-state index is 0.217. The summed E-state index contributed by atoms with van der Waals surface area (Å²) < 4.78 is 10.3. The highest BCUT2D eigenvalue weighted by Crippen LogP contribution is 2.23. The number of rotatable bonds is 3. The second-order valence-electron chi connectivity index (χ2n) is 4.02. The van der Waals surface area contributed by atoms with Crippen molar-refractivity contribution < 1.29 is 14.3 Å². The Bertz CT molecular complexity index is 591. The maximum absolute atomic E-state index is 11.6. The molecule has 0 N–H and O–H groups in total. The van der Waals surface area contributed by atoms with Gasteiger partial charge in [-0.25, -0.2) is 14.8 Å². The van der Waals surface area contributed by atoms with Gasteiger partial charge in [0.25, 0.3) is 0 Å². The van der Waals surface area contributed by atoms with Crippen LogP contribution in [0.25, 0.3) is 0 Å².